The average molecular weight is 510 g/mol. The van der Waals surface area contributed by atoms with Crippen LogP contribution in [0.15, 0.2) is 73.4 Å². The highest BCUT2D eigenvalue weighted by Crippen LogP contribution is 2.35. The number of benzene rings is 2. The zero-order valence-electron chi connectivity index (χ0n) is 22.0. The summed E-state index contributed by atoms with van der Waals surface area (Å²) in [5.41, 5.74) is 7.78. The molecule has 0 radical (unpaired) electrons. The van der Waals surface area contributed by atoms with Gasteiger partial charge < -0.3 is 15.0 Å². The maximum atomic E-state index is 11.7. The molecule has 1 aliphatic rings. The van der Waals surface area contributed by atoms with Crippen LogP contribution >= 0.6 is 0 Å². The van der Waals surface area contributed by atoms with Crippen molar-refractivity contribution < 1.29 is 9.53 Å². The normalized spacial score (nSPS) is 14.9. The van der Waals surface area contributed by atoms with Gasteiger partial charge in [0.2, 0.25) is 0 Å². The molecule has 7 nitrogen and oxygen atoms in total. The Balaban J connectivity index is 1.48. The fourth-order valence-electron chi connectivity index (χ4n) is 5.28. The largest absolute Gasteiger partial charge is 0.461 e. The Labute approximate surface area is 224 Å². The zero-order valence-corrected chi connectivity index (χ0v) is 22.0. The molecular formula is C31H35N5O2. The summed E-state index contributed by atoms with van der Waals surface area (Å²) in [6, 6.07) is 19.0. The van der Waals surface area contributed by atoms with Crippen molar-refractivity contribution in [1.82, 2.24) is 25.2 Å². The Kier molecular flexibility index (Phi) is 8.26. The molecule has 1 aliphatic carbocycles. The number of rotatable bonds is 11. The van der Waals surface area contributed by atoms with Gasteiger partial charge in [0, 0.05) is 32.8 Å². The van der Waals surface area contributed by atoms with Crippen molar-refractivity contribution in [2.45, 2.75) is 58.5 Å². The number of carbonyl (C=O) groups is 1. The van der Waals surface area contributed by atoms with Crippen molar-refractivity contribution in [3.8, 4) is 0 Å². The molecule has 0 fully saturated rings. The van der Waals surface area contributed by atoms with E-state index in [1.54, 1.807) is 0 Å². The number of fused-ring (bicyclic) bond motifs is 2. The number of pyridine rings is 1. The minimum atomic E-state index is -0.282. The molecule has 0 saturated heterocycles. The molecule has 0 spiro atoms. The number of aromatic nitrogens is 3. The van der Waals surface area contributed by atoms with Crippen LogP contribution < -0.4 is 5.32 Å². The lowest BCUT2D eigenvalue weighted by atomic mass is 9.90. The summed E-state index contributed by atoms with van der Waals surface area (Å²) in [6.45, 7) is 8.28. The third-order valence-corrected chi connectivity index (χ3v) is 7.09. The van der Waals surface area contributed by atoms with Crippen molar-refractivity contribution in [3.63, 3.8) is 0 Å². The Morgan fingerprint density at radius 1 is 1.18 bits per heavy atom. The van der Waals surface area contributed by atoms with Crippen molar-refractivity contribution in [1.29, 1.82) is 0 Å². The molecule has 2 aromatic carbocycles. The second-order valence-corrected chi connectivity index (χ2v) is 9.86. The summed E-state index contributed by atoms with van der Waals surface area (Å²) in [4.78, 5) is 27.4. The molecule has 2 N–H and O–H groups in total. The highest BCUT2D eigenvalue weighted by molar-refractivity contribution is 5.74. The lowest BCUT2D eigenvalue weighted by molar-refractivity contribution is -0.142. The number of para-hydroxylation sites is 2. The van der Waals surface area contributed by atoms with Gasteiger partial charge in [-0.05, 0) is 59.7 Å². The van der Waals surface area contributed by atoms with E-state index in [0.717, 1.165) is 71.6 Å². The molecule has 0 aliphatic heterocycles. The third kappa shape index (κ3) is 6.18. The van der Waals surface area contributed by atoms with E-state index in [9.17, 15) is 4.79 Å². The standard InChI is InChI=1S/C31H35N5O2/c1-3-15-32-18-23-13-14-25(26(17-23)21-38-22(2)37)19-36(20-30-34-27-10-4-5-11-28(27)35-30)29-12-6-8-24-9-7-16-33-31(24)29/h3-5,7,9-11,13-14,16-17,29,32H,1,6,8,12,15,18-21H2,2H3,(H,34,35). The van der Waals surface area contributed by atoms with E-state index in [4.69, 9.17) is 14.7 Å². The number of ether oxygens (including phenoxy) is 1. The van der Waals surface area contributed by atoms with Crippen molar-refractivity contribution in [2.24, 2.45) is 0 Å². The van der Waals surface area contributed by atoms with Gasteiger partial charge in [0.25, 0.3) is 0 Å². The van der Waals surface area contributed by atoms with Gasteiger partial charge in [-0.15, -0.1) is 6.58 Å². The number of aromatic amines is 1. The van der Waals surface area contributed by atoms with Gasteiger partial charge in [0.15, 0.2) is 0 Å². The lowest BCUT2D eigenvalue weighted by Crippen LogP contribution is -2.32. The lowest BCUT2D eigenvalue weighted by Gasteiger charge is -2.35. The van der Waals surface area contributed by atoms with Gasteiger partial charge >= 0.3 is 5.97 Å². The van der Waals surface area contributed by atoms with Gasteiger partial charge in [-0.3, -0.25) is 14.7 Å². The van der Waals surface area contributed by atoms with Crippen molar-refractivity contribution >= 4 is 17.0 Å². The topological polar surface area (TPSA) is 83.1 Å². The first-order valence-corrected chi connectivity index (χ1v) is 13.3. The van der Waals surface area contributed by atoms with Gasteiger partial charge in [-0.2, -0.15) is 0 Å². The first-order valence-electron chi connectivity index (χ1n) is 13.3. The fourth-order valence-corrected chi connectivity index (χ4v) is 5.28. The molecule has 5 rings (SSSR count). The summed E-state index contributed by atoms with van der Waals surface area (Å²) < 4.78 is 5.47. The summed E-state index contributed by atoms with van der Waals surface area (Å²) in [5, 5.41) is 3.35. The van der Waals surface area contributed by atoms with Crippen LogP contribution in [-0.2, 0) is 42.2 Å². The van der Waals surface area contributed by atoms with Crippen LogP contribution in [0.5, 0.6) is 0 Å². The van der Waals surface area contributed by atoms with Crippen molar-refractivity contribution in [3.05, 3.63) is 107 Å². The van der Waals surface area contributed by atoms with E-state index in [-0.39, 0.29) is 18.6 Å². The minimum absolute atomic E-state index is 0.170. The molecule has 0 amide bonds. The first-order chi connectivity index (χ1) is 18.6. The number of carbonyl (C=O) groups excluding carboxylic acids is 1. The molecule has 38 heavy (non-hydrogen) atoms. The second kappa shape index (κ2) is 12.2. The fraction of sp³-hybridized carbons (Fsp3) is 0.323. The van der Waals surface area contributed by atoms with E-state index >= 15 is 0 Å². The number of hydrogen-bond acceptors (Lipinski definition) is 6. The maximum Gasteiger partial charge on any atom is 0.302 e. The number of hydrogen-bond donors (Lipinski definition) is 2. The van der Waals surface area contributed by atoms with Crippen molar-refractivity contribution in [2.75, 3.05) is 6.54 Å². The van der Waals surface area contributed by atoms with Crippen LogP contribution in [0.25, 0.3) is 11.0 Å². The van der Waals surface area contributed by atoms with Gasteiger partial charge in [-0.25, -0.2) is 4.98 Å². The predicted molar refractivity (Wildman–Crippen MR) is 149 cm³/mol. The highest BCUT2D eigenvalue weighted by atomic mass is 16.5. The van der Waals surface area contributed by atoms with Crippen LogP contribution in [0.3, 0.4) is 0 Å². The van der Waals surface area contributed by atoms with E-state index in [2.05, 4.69) is 52.1 Å². The van der Waals surface area contributed by atoms with Crippen LogP contribution in [0.2, 0.25) is 0 Å². The Morgan fingerprint density at radius 3 is 2.92 bits per heavy atom. The second-order valence-electron chi connectivity index (χ2n) is 9.86. The molecule has 1 atom stereocenters. The SMILES string of the molecule is C=CCNCc1ccc(CN(Cc2nc3ccccc3[nH]2)C2CCCc3cccnc32)c(COC(C)=O)c1. The van der Waals surface area contributed by atoms with Crippen LogP contribution in [0.4, 0.5) is 0 Å². The number of imidazole rings is 1. The molecule has 0 bridgehead atoms. The van der Waals surface area contributed by atoms with Crippen LogP contribution in [0.1, 0.15) is 59.6 Å². The maximum absolute atomic E-state index is 11.7. The molecule has 2 aromatic heterocycles. The van der Waals surface area contributed by atoms with Gasteiger partial charge in [0.1, 0.15) is 12.4 Å². The first kappa shape index (κ1) is 25.8. The molecule has 2 heterocycles. The molecule has 7 heteroatoms. The predicted octanol–water partition coefficient (Wildman–Crippen LogP) is 5.38. The van der Waals surface area contributed by atoms with E-state index in [0.29, 0.717) is 13.1 Å². The third-order valence-electron chi connectivity index (χ3n) is 7.09. The summed E-state index contributed by atoms with van der Waals surface area (Å²) in [5.74, 6) is 0.650. The molecule has 4 aromatic rings. The van der Waals surface area contributed by atoms with E-state index < -0.39 is 0 Å². The molecule has 0 saturated carbocycles. The number of nitrogens with one attached hydrogen (secondary N) is 2. The smallest absolute Gasteiger partial charge is 0.302 e. The number of aryl methyl sites for hydroxylation is 1. The Bertz CT molecular complexity index is 1380. The van der Waals surface area contributed by atoms with Crippen LogP contribution in [-0.4, -0.2) is 32.4 Å². The summed E-state index contributed by atoms with van der Waals surface area (Å²) >= 11 is 0. The summed E-state index contributed by atoms with van der Waals surface area (Å²) in [6.07, 6.45) is 6.96. The number of H-pyrrole nitrogens is 1. The zero-order chi connectivity index (χ0) is 26.3. The Hall–Kier alpha value is -3.81. The molecular weight excluding hydrogens is 474 g/mol. The molecule has 1 unspecified atom stereocenters. The number of nitrogens with zero attached hydrogens (tertiary/aromatic N) is 3. The summed E-state index contributed by atoms with van der Waals surface area (Å²) in [7, 11) is 0. The van der Waals surface area contributed by atoms with E-state index in [1.165, 1.54) is 12.5 Å². The quantitative estimate of drug-likeness (QED) is 0.161. The van der Waals surface area contributed by atoms with E-state index in [1.807, 2.05) is 36.5 Å². The molecule has 196 valence electrons. The minimum Gasteiger partial charge on any atom is -0.461 e. The van der Waals surface area contributed by atoms with Gasteiger partial charge in [-0.1, -0.05) is 42.5 Å². The monoisotopic (exact) mass is 509 g/mol. The average Bonchev–Trinajstić information content (AvgIpc) is 3.35. The Morgan fingerprint density at radius 2 is 2.08 bits per heavy atom. The highest BCUT2D eigenvalue weighted by Gasteiger charge is 2.28. The van der Waals surface area contributed by atoms with Crippen LogP contribution in [0, 0.1) is 0 Å². The van der Waals surface area contributed by atoms with Gasteiger partial charge in [0.05, 0.1) is 29.3 Å². The number of esters is 1.